The first-order valence-corrected chi connectivity index (χ1v) is 6.61. The van der Waals surface area contributed by atoms with Crippen LogP contribution in [0.25, 0.3) is 10.8 Å². The van der Waals surface area contributed by atoms with Gasteiger partial charge < -0.3 is 5.73 Å². The quantitative estimate of drug-likeness (QED) is 0.438. The number of aromatic nitrogens is 2. The van der Waals surface area contributed by atoms with Crippen molar-refractivity contribution in [3.63, 3.8) is 0 Å². The lowest BCUT2D eigenvalue weighted by molar-refractivity contribution is 1.04. The molecule has 0 fully saturated rings. The summed E-state index contributed by atoms with van der Waals surface area (Å²) in [6.45, 7) is 1.93. The van der Waals surface area contributed by atoms with Crippen molar-refractivity contribution in [2.75, 3.05) is 11.2 Å². The summed E-state index contributed by atoms with van der Waals surface area (Å²) < 4.78 is 0. The summed E-state index contributed by atoms with van der Waals surface area (Å²) in [6, 6.07) is 15.5. The van der Waals surface area contributed by atoms with E-state index in [1.807, 2.05) is 55.5 Å². The molecule has 3 rings (SSSR count). The van der Waals surface area contributed by atoms with Gasteiger partial charge in [0.2, 0.25) is 0 Å². The van der Waals surface area contributed by atoms with E-state index >= 15 is 0 Å². The van der Waals surface area contributed by atoms with Gasteiger partial charge in [-0.05, 0) is 24.6 Å². The van der Waals surface area contributed by atoms with E-state index in [9.17, 15) is 0 Å². The summed E-state index contributed by atoms with van der Waals surface area (Å²) in [5.74, 6) is 0.642. The number of hydrogen-bond acceptors (Lipinski definition) is 5. The molecule has 21 heavy (non-hydrogen) atoms. The Morgan fingerprint density at radius 3 is 2.67 bits per heavy atom. The van der Waals surface area contributed by atoms with Gasteiger partial charge in [-0.25, -0.2) is 0 Å². The highest BCUT2D eigenvalue weighted by atomic mass is 15.3. The van der Waals surface area contributed by atoms with Crippen LogP contribution in [0.3, 0.4) is 0 Å². The van der Waals surface area contributed by atoms with Gasteiger partial charge in [-0.3, -0.25) is 5.43 Å². The van der Waals surface area contributed by atoms with Crippen LogP contribution in [0, 0.1) is 0 Å². The monoisotopic (exact) mass is 277 g/mol. The molecule has 5 heteroatoms. The summed E-state index contributed by atoms with van der Waals surface area (Å²) in [4.78, 5) is 0. The van der Waals surface area contributed by atoms with Crippen LogP contribution in [0.15, 0.2) is 59.8 Å². The van der Waals surface area contributed by atoms with Crippen molar-refractivity contribution in [1.29, 1.82) is 0 Å². The lowest BCUT2D eigenvalue weighted by atomic mass is 10.1. The Morgan fingerprint density at radius 2 is 1.86 bits per heavy atom. The summed E-state index contributed by atoms with van der Waals surface area (Å²) in [5.41, 5.74) is 11.3. The maximum Gasteiger partial charge on any atom is 0.176 e. The third kappa shape index (κ3) is 2.81. The van der Waals surface area contributed by atoms with Crippen LogP contribution in [0.2, 0.25) is 0 Å². The second kappa shape index (κ2) is 5.58. The predicted molar refractivity (Wildman–Crippen MR) is 86.2 cm³/mol. The normalized spacial score (nSPS) is 11.6. The van der Waals surface area contributed by atoms with Crippen LogP contribution in [-0.4, -0.2) is 15.9 Å². The summed E-state index contributed by atoms with van der Waals surface area (Å²) in [7, 11) is 0. The fraction of sp³-hybridized carbons (Fsp3) is 0.0625. The van der Waals surface area contributed by atoms with E-state index in [1.165, 1.54) is 0 Å². The lowest BCUT2D eigenvalue weighted by Crippen LogP contribution is -2.02. The highest BCUT2D eigenvalue weighted by Gasteiger charge is 2.02. The number of fused-ring (bicyclic) bond motifs is 1. The van der Waals surface area contributed by atoms with E-state index in [1.54, 1.807) is 6.20 Å². The van der Waals surface area contributed by atoms with Crippen LogP contribution >= 0.6 is 0 Å². The lowest BCUT2D eigenvalue weighted by Gasteiger charge is -2.05. The van der Waals surface area contributed by atoms with Crippen LogP contribution in [-0.2, 0) is 0 Å². The SMILES string of the molecule is C/C(=N\Nc1nncc2ccccc12)c1ccc(N)cc1. The highest BCUT2D eigenvalue weighted by Crippen LogP contribution is 2.19. The molecule has 3 N–H and O–H groups in total. The van der Waals surface area contributed by atoms with Crippen LogP contribution in [0.1, 0.15) is 12.5 Å². The van der Waals surface area contributed by atoms with E-state index in [0.717, 1.165) is 27.7 Å². The van der Waals surface area contributed by atoms with E-state index < -0.39 is 0 Å². The number of nitrogens with zero attached hydrogens (tertiary/aromatic N) is 3. The maximum absolute atomic E-state index is 5.68. The van der Waals surface area contributed by atoms with E-state index in [-0.39, 0.29) is 0 Å². The van der Waals surface area contributed by atoms with Crippen LogP contribution in [0.5, 0.6) is 0 Å². The number of nitrogen functional groups attached to an aromatic ring is 1. The number of hydrogen-bond donors (Lipinski definition) is 2. The minimum atomic E-state index is 0.642. The van der Waals surface area contributed by atoms with Crippen molar-refractivity contribution in [1.82, 2.24) is 10.2 Å². The molecule has 3 aromatic rings. The van der Waals surface area contributed by atoms with Crippen molar-refractivity contribution >= 4 is 28.0 Å². The third-order valence-corrected chi connectivity index (χ3v) is 3.23. The fourth-order valence-corrected chi connectivity index (χ4v) is 2.04. The Labute approximate surface area is 122 Å². The number of hydrazone groups is 1. The van der Waals surface area contributed by atoms with E-state index in [4.69, 9.17) is 5.73 Å². The van der Waals surface area contributed by atoms with E-state index in [2.05, 4.69) is 20.7 Å². The minimum Gasteiger partial charge on any atom is -0.399 e. The highest BCUT2D eigenvalue weighted by molar-refractivity contribution is 6.00. The molecule has 0 bridgehead atoms. The van der Waals surface area contributed by atoms with Crippen LogP contribution in [0.4, 0.5) is 11.5 Å². The van der Waals surface area contributed by atoms with Crippen molar-refractivity contribution in [2.45, 2.75) is 6.92 Å². The molecule has 104 valence electrons. The molecule has 0 aliphatic rings. The van der Waals surface area contributed by atoms with Crippen molar-refractivity contribution < 1.29 is 0 Å². The molecule has 0 atom stereocenters. The van der Waals surface area contributed by atoms with Crippen molar-refractivity contribution in [2.24, 2.45) is 5.10 Å². The number of anilines is 2. The number of nitrogens with one attached hydrogen (secondary N) is 1. The van der Waals surface area contributed by atoms with Gasteiger partial charge in [0.1, 0.15) is 0 Å². The Kier molecular flexibility index (Phi) is 3.47. The standard InChI is InChI=1S/C16H15N5/c1-11(12-6-8-14(17)9-7-12)19-21-16-15-5-3-2-4-13(15)10-18-20-16/h2-10H,17H2,1H3,(H,20,21)/b19-11+. The Bertz CT molecular complexity index is 788. The molecule has 5 nitrogen and oxygen atoms in total. The molecule has 0 saturated carbocycles. The average molecular weight is 277 g/mol. The van der Waals surface area contributed by atoms with Gasteiger partial charge in [-0.15, -0.1) is 5.10 Å². The topological polar surface area (TPSA) is 76.2 Å². The number of nitrogens with two attached hydrogens (primary N) is 1. The zero-order valence-corrected chi connectivity index (χ0v) is 11.6. The second-order valence-corrected chi connectivity index (χ2v) is 4.71. The molecule has 0 spiro atoms. The predicted octanol–water partition coefficient (Wildman–Crippen LogP) is 3.05. The van der Waals surface area contributed by atoms with Gasteiger partial charge >= 0.3 is 0 Å². The number of benzene rings is 2. The zero-order chi connectivity index (χ0) is 14.7. The van der Waals surface area contributed by atoms with Crippen LogP contribution < -0.4 is 11.2 Å². The molecular weight excluding hydrogens is 262 g/mol. The minimum absolute atomic E-state index is 0.642. The van der Waals surface area contributed by atoms with Crippen molar-refractivity contribution in [3.8, 4) is 0 Å². The Morgan fingerprint density at radius 1 is 1.10 bits per heavy atom. The average Bonchev–Trinajstić information content (AvgIpc) is 2.53. The summed E-state index contributed by atoms with van der Waals surface area (Å²) >= 11 is 0. The van der Waals surface area contributed by atoms with Gasteiger partial charge in [0, 0.05) is 16.5 Å². The second-order valence-electron chi connectivity index (χ2n) is 4.71. The molecule has 0 radical (unpaired) electrons. The largest absolute Gasteiger partial charge is 0.399 e. The molecule has 0 aliphatic carbocycles. The van der Waals surface area contributed by atoms with Gasteiger partial charge in [0.25, 0.3) is 0 Å². The van der Waals surface area contributed by atoms with Gasteiger partial charge in [-0.2, -0.15) is 10.2 Å². The molecule has 0 aliphatic heterocycles. The molecule has 0 saturated heterocycles. The van der Waals surface area contributed by atoms with Crippen molar-refractivity contribution in [3.05, 3.63) is 60.3 Å². The van der Waals surface area contributed by atoms with Gasteiger partial charge in [0.05, 0.1) is 11.9 Å². The molecular formula is C16H15N5. The zero-order valence-electron chi connectivity index (χ0n) is 11.6. The van der Waals surface area contributed by atoms with Gasteiger partial charge in [-0.1, -0.05) is 36.4 Å². The molecule has 1 aromatic heterocycles. The Hall–Kier alpha value is -2.95. The van der Waals surface area contributed by atoms with Gasteiger partial charge in [0.15, 0.2) is 5.82 Å². The summed E-state index contributed by atoms with van der Waals surface area (Å²) in [5, 5.41) is 14.5. The molecule has 0 amide bonds. The third-order valence-electron chi connectivity index (χ3n) is 3.23. The van der Waals surface area contributed by atoms with E-state index in [0.29, 0.717) is 5.82 Å². The first-order valence-electron chi connectivity index (χ1n) is 6.61. The smallest absolute Gasteiger partial charge is 0.176 e. The first-order chi connectivity index (χ1) is 10.2. The molecule has 2 aromatic carbocycles. The first kappa shape index (κ1) is 13.1. The summed E-state index contributed by atoms with van der Waals surface area (Å²) in [6.07, 6.45) is 1.73. The Balaban J connectivity index is 1.88. The molecule has 1 heterocycles. The fourth-order valence-electron chi connectivity index (χ4n) is 2.04. The molecule has 0 unspecified atom stereocenters. The number of rotatable bonds is 3. The maximum atomic E-state index is 5.68.